The second-order valence-electron chi connectivity index (χ2n) is 5.55. The highest BCUT2D eigenvalue weighted by Gasteiger charge is 2.53. The first-order chi connectivity index (χ1) is 8.58. The van der Waals surface area contributed by atoms with Crippen LogP contribution in [0, 0.1) is 5.92 Å². The van der Waals surface area contributed by atoms with Gasteiger partial charge < -0.3 is 14.6 Å². The summed E-state index contributed by atoms with van der Waals surface area (Å²) in [6, 6.07) is 0.364. The van der Waals surface area contributed by atoms with Crippen LogP contribution in [0.4, 0.5) is 0 Å². The number of nitrogens with one attached hydrogen (secondary N) is 1. The fourth-order valence-electron chi connectivity index (χ4n) is 2.30. The summed E-state index contributed by atoms with van der Waals surface area (Å²) in [7, 11) is 1.62. The van der Waals surface area contributed by atoms with Crippen molar-refractivity contribution in [2.45, 2.75) is 50.3 Å². The lowest BCUT2D eigenvalue weighted by atomic mass is 9.94. The van der Waals surface area contributed by atoms with Gasteiger partial charge in [-0.3, -0.25) is 10.1 Å². The number of carboxylic acids is 1. The van der Waals surface area contributed by atoms with Gasteiger partial charge in [-0.25, -0.2) is 0 Å². The molecular formula is C13H23NO4. The molecule has 2 saturated carbocycles. The van der Waals surface area contributed by atoms with Crippen molar-refractivity contribution >= 4 is 5.97 Å². The highest BCUT2D eigenvalue weighted by molar-refractivity contribution is 5.80. The fourth-order valence-corrected chi connectivity index (χ4v) is 2.30. The van der Waals surface area contributed by atoms with Crippen LogP contribution in [-0.4, -0.2) is 49.1 Å². The van der Waals surface area contributed by atoms with E-state index in [-0.39, 0.29) is 18.6 Å². The van der Waals surface area contributed by atoms with Gasteiger partial charge in [-0.15, -0.1) is 0 Å². The van der Waals surface area contributed by atoms with Gasteiger partial charge >= 0.3 is 5.97 Å². The lowest BCUT2D eigenvalue weighted by Gasteiger charge is -2.32. The van der Waals surface area contributed by atoms with Gasteiger partial charge in [0.1, 0.15) is 5.54 Å². The van der Waals surface area contributed by atoms with Crippen molar-refractivity contribution < 1.29 is 19.4 Å². The smallest absolute Gasteiger partial charge is 0.326 e. The Bertz CT molecular complexity index is 301. The average Bonchev–Trinajstić information content (AvgIpc) is 3.14. The Morgan fingerprint density at radius 1 is 1.44 bits per heavy atom. The first-order valence-electron chi connectivity index (χ1n) is 6.70. The third kappa shape index (κ3) is 3.22. The van der Waals surface area contributed by atoms with E-state index < -0.39 is 11.5 Å². The Labute approximate surface area is 108 Å². The van der Waals surface area contributed by atoms with E-state index in [1.165, 1.54) is 0 Å². The van der Waals surface area contributed by atoms with E-state index in [1.54, 1.807) is 7.11 Å². The molecule has 0 aromatic carbocycles. The van der Waals surface area contributed by atoms with Crippen molar-refractivity contribution in [3.05, 3.63) is 0 Å². The van der Waals surface area contributed by atoms with E-state index >= 15 is 0 Å². The lowest BCUT2D eigenvalue weighted by Crippen LogP contribution is -2.58. The van der Waals surface area contributed by atoms with Crippen molar-refractivity contribution in [1.29, 1.82) is 0 Å². The summed E-state index contributed by atoms with van der Waals surface area (Å²) in [5.41, 5.74) is -0.886. The van der Waals surface area contributed by atoms with Crippen LogP contribution in [0.5, 0.6) is 0 Å². The van der Waals surface area contributed by atoms with E-state index in [0.717, 1.165) is 25.7 Å². The SMILES string of the molecule is COCC(C)OCC(NC1CC1)(C(=O)O)C1CC1. The molecule has 0 aliphatic heterocycles. The van der Waals surface area contributed by atoms with Gasteiger partial charge in [0.25, 0.3) is 0 Å². The zero-order valence-corrected chi connectivity index (χ0v) is 11.1. The minimum Gasteiger partial charge on any atom is -0.480 e. The number of carboxylic acid groups (broad SMARTS) is 1. The number of rotatable bonds is 9. The molecule has 0 aromatic heterocycles. The van der Waals surface area contributed by atoms with Crippen LogP contribution in [-0.2, 0) is 14.3 Å². The summed E-state index contributed by atoms with van der Waals surface area (Å²) < 4.78 is 10.7. The summed E-state index contributed by atoms with van der Waals surface area (Å²) in [6.45, 7) is 2.62. The molecule has 2 N–H and O–H groups in total. The Kier molecular flexibility index (Phi) is 4.25. The normalized spacial score (nSPS) is 24.6. The number of aliphatic carboxylic acids is 1. The van der Waals surface area contributed by atoms with Crippen LogP contribution in [0.25, 0.3) is 0 Å². The summed E-state index contributed by atoms with van der Waals surface area (Å²) in [5.74, 6) is -0.563. The fraction of sp³-hybridized carbons (Fsp3) is 0.923. The number of ether oxygens (including phenoxy) is 2. The van der Waals surface area contributed by atoms with Crippen LogP contribution < -0.4 is 5.32 Å². The van der Waals surface area contributed by atoms with E-state index in [9.17, 15) is 9.90 Å². The predicted molar refractivity (Wildman–Crippen MR) is 66.5 cm³/mol. The maximum atomic E-state index is 11.7. The first-order valence-corrected chi connectivity index (χ1v) is 6.70. The molecular weight excluding hydrogens is 234 g/mol. The van der Waals surface area contributed by atoms with Crippen LogP contribution in [0.3, 0.4) is 0 Å². The third-order valence-corrected chi connectivity index (χ3v) is 3.69. The Morgan fingerprint density at radius 3 is 2.56 bits per heavy atom. The zero-order chi connectivity index (χ0) is 13.2. The molecule has 2 fully saturated rings. The quantitative estimate of drug-likeness (QED) is 0.645. The molecule has 2 rings (SSSR count). The molecule has 5 nitrogen and oxygen atoms in total. The van der Waals surface area contributed by atoms with Gasteiger partial charge in [0.15, 0.2) is 0 Å². The van der Waals surface area contributed by atoms with Gasteiger partial charge in [0.05, 0.1) is 19.3 Å². The molecule has 0 bridgehead atoms. The lowest BCUT2D eigenvalue weighted by molar-refractivity contribution is -0.151. The van der Waals surface area contributed by atoms with E-state index in [4.69, 9.17) is 9.47 Å². The largest absolute Gasteiger partial charge is 0.480 e. The Morgan fingerprint density at radius 2 is 2.11 bits per heavy atom. The molecule has 2 aliphatic carbocycles. The molecule has 0 saturated heterocycles. The van der Waals surface area contributed by atoms with Crippen molar-refractivity contribution in [2.75, 3.05) is 20.3 Å². The van der Waals surface area contributed by atoms with Crippen LogP contribution in [0.2, 0.25) is 0 Å². The van der Waals surface area contributed by atoms with Gasteiger partial charge in [0.2, 0.25) is 0 Å². The summed E-state index contributed by atoms with van der Waals surface area (Å²) >= 11 is 0. The Hall–Kier alpha value is -0.650. The van der Waals surface area contributed by atoms with Crippen LogP contribution in [0.15, 0.2) is 0 Å². The molecule has 2 unspecified atom stereocenters. The molecule has 0 heterocycles. The molecule has 0 spiro atoms. The topological polar surface area (TPSA) is 67.8 Å². The van der Waals surface area contributed by atoms with Gasteiger partial charge in [-0.1, -0.05) is 0 Å². The highest BCUT2D eigenvalue weighted by Crippen LogP contribution is 2.42. The molecule has 0 amide bonds. The van der Waals surface area contributed by atoms with Crippen molar-refractivity contribution in [3.8, 4) is 0 Å². The van der Waals surface area contributed by atoms with E-state index in [2.05, 4.69) is 5.32 Å². The number of methoxy groups -OCH3 is 1. The van der Waals surface area contributed by atoms with Gasteiger partial charge in [-0.2, -0.15) is 0 Å². The predicted octanol–water partition coefficient (Wildman–Crippen LogP) is 1.02. The molecule has 2 atom stereocenters. The molecule has 2 aliphatic rings. The maximum Gasteiger partial charge on any atom is 0.326 e. The molecule has 104 valence electrons. The minimum absolute atomic E-state index is 0.0755. The van der Waals surface area contributed by atoms with E-state index in [1.807, 2.05) is 6.92 Å². The summed E-state index contributed by atoms with van der Waals surface area (Å²) in [6.07, 6.45) is 4.04. The van der Waals surface area contributed by atoms with Crippen LogP contribution >= 0.6 is 0 Å². The molecule has 5 heteroatoms. The van der Waals surface area contributed by atoms with E-state index in [0.29, 0.717) is 12.6 Å². The Balaban J connectivity index is 1.96. The monoisotopic (exact) mass is 257 g/mol. The summed E-state index contributed by atoms with van der Waals surface area (Å²) in [4.78, 5) is 11.7. The minimum atomic E-state index is -0.886. The summed E-state index contributed by atoms with van der Waals surface area (Å²) in [5, 5.41) is 12.9. The second kappa shape index (κ2) is 5.55. The number of carbonyl (C=O) groups is 1. The van der Waals surface area contributed by atoms with Crippen molar-refractivity contribution in [1.82, 2.24) is 5.32 Å². The molecule has 18 heavy (non-hydrogen) atoms. The average molecular weight is 257 g/mol. The molecule has 0 aromatic rings. The first kappa shape index (κ1) is 13.8. The third-order valence-electron chi connectivity index (χ3n) is 3.69. The zero-order valence-electron chi connectivity index (χ0n) is 11.1. The second-order valence-corrected chi connectivity index (χ2v) is 5.55. The van der Waals surface area contributed by atoms with Crippen molar-refractivity contribution in [3.63, 3.8) is 0 Å². The maximum absolute atomic E-state index is 11.7. The standard InChI is InChI=1S/C13H23NO4/c1-9(7-17-2)18-8-13(12(15)16,10-3-4-10)14-11-5-6-11/h9-11,14H,3-8H2,1-2H3,(H,15,16). The van der Waals surface area contributed by atoms with Crippen molar-refractivity contribution in [2.24, 2.45) is 5.92 Å². The highest BCUT2D eigenvalue weighted by atomic mass is 16.5. The van der Waals surface area contributed by atoms with Gasteiger partial charge in [0, 0.05) is 13.2 Å². The molecule has 0 radical (unpaired) electrons. The number of hydrogen-bond donors (Lipinski definition) is 2. The van der Waals surface area contributed by atoms with Crippen LogP contribution in [0.1, 0.15) is 32.6 Å². The van der Waals surface area contributed by atoms with Gasteiger partial charge in [-0.05, 0) is 38.5 Å². The number of hydrogen-bond acceptors (Lipinski definition) is 4.